The quantitative estimate of drug-likeness (QED) is 0.715. The summed E-state index contributed by atoms with van der Waals surface area (Å²) in [6.45, 7) is 0.284. The molecule has 3 rings (SSSR count). The summed E-state index contributed by atoms with van der Waals surface area (Å²) in [5.74, 6) is -0.380. The fourth-order valence-corrected chi connectivity index (χ4v) is 2.03. The molecule has 2 atom stereocenters. The van der Waals surface area contributed by atoms with Gasteiger partial charge in [-0.15, -0.1) is 0 Å². The minimum Gasteiger partial charge on any atom is -0.365 e. The van der Waals surface area contributed by atoms with Crippen molar-refractivity contribution in [1.82, 2.24) is 4.98 Å². The minimum atomic E-state index is -0.380. The summed E-state index contributed by atoms with van der Waals surface area (Å²) in [5, 5.41) is 0. The van der Waals surface area contributed by atoms with E-state index in [-0.39, 0.29) is 30.1 Å². The van der Waals surface area contributed by atoms with E-state index in [1.165, 1.54) is 18.4 Å². The number of pyridine rings is 1. The number of dihydropyridines is 1. The molecule has 3 heterocycles. The van der Waals surface area contributed by atoms with Crippen LogP contribution in [0.25, 0.3) is 0 Å². The normalized spacial score (nSPS) is 26.9. The Bertz CT molecular complexity index is 547. The maximum absolute atomic E-state index is 13.0. The zero-order valence-electron chi connectivity index (χ0n) is 8.31. The molecule has 0 radical (unpaired) electrons. The van der Waals surface area contributed by atoms with Crippen LogP contribution >= 0.6 is 0 Å². The predicted molar refractivity (Wildman–Crippen MR) is 56.1 cm³/mol. The Morgan fingerprint density at radius 2 is 2.38 bits per heavy atom. The number of H-pyrrole nitrogens is 1. The monoisotopic (exact) mass is 220 g/mol. The molecule has 0 aromatic carbocycles. The van der Waals surface area contributed by atoms with Crippen molar-refractivity contribution in [1.29, 1.82) is 0 Å². The molecule has 0 fully saturated rings. The number of rotatable bonds is 0. The maximum atomic E-state index is 13.0. The number of nitrogens with one attached hydrogen (secondary N) is 1. The molecule has 0 spiro atoms. The molecule has 2 aliphatic heterocycles. The lowest BCUT2D eigenvalue weighted by Gasteiger charge is -2.30. The van der Waals surface area contributed by atoms with Crippen molar-refractivity contribution in [2.45, 2.75) is 18.8 Å². The first-order valence-corrected chi connectivity index (χ1v) is 4.98. The van der Waals surface area contributed by atoms with Gasteiger partial charge < -0.3 is 9.72 Å². The van der Waals surface area contributed by atoms with E-state index < -0.39 is 0 Å². The first-order valence-electron chi connectivity index (χ1n) is 4.98. The number of hydrogen-bond acceptors (Lipinski definition) is 3. The first-order chi connectivity index (χ1) is 7.74. The molecule has 2 unspecified atom stereocenters. The summed E-state index contributed by atoms with van der Waals surface area (Å²) < 4.78 is 18.4. The van der Waals surface area contributed by atoms with Crippen LogP contribution in [0.15, 0.2) is 33.8 Å². The smallest absolute Gasteiger partial charge is 0.248 e. The van der Waals surface area contributed by atoms with E-state index in [0.29, 0.717) is 0 Å². The molecular formula is C11H9FN2O2. The van der Waals surface area contributed by atoms with Gasteiger partial charge in [-0.3, -0.25) is 9.79 Å². The number of hydrogen-bond donors (Lipinski definition) is 1. The SMILES string of the molecule is O=c1ccc2c([nH]1)COC1C=C(F)C=NC21. The molecule has 2 aliphatic rings. The van der Waals surface area contributed by atoms with Crippen LogP contribution in [0.4, 0.5) is 4.39 Å². The molecule has 5 heteroatoms. The van der Waals surface area contributed by atoms with Crippen LogP contribution in [0.3, 0.4) is 0 Å². The number of halogens is 1. The van der Waals surface area contributed by atoms with E-state index in [1.807, 2.05) is 0 Å². The molecule has 1 aromatic rings. The number of ether oxygens (including phenoxy) is 1. The zero-order chi connectivity index (χ0) is 11.1. The average molecular weight is 220 g/mol. The van der Waals surface area contributed by atoms with E-state index in [0.717, 1.165) is 11.3 Å². The highest BCUT2D eigenvalue weighted by Crippen LogP contribution is 2.33. The molecule has 16 heavy (non-hydrogen) atoms. The molecule has 4 nitrogen and oxygen atoms in total. The second kappa shape index (κ2) is 3.38. The van der Waals surface area contributed by atoms with Crippen LogP contribution in [0.2, 0.25) is 0 Å². The molecular weight excluding hydrogens is 211 g/mol. The number of nitrogens with zero attached hydrogens (tertiary/aromatic N) is 1. The van der Waals surface area contributed by atoms with Crippen LogP contribution in [0.1, 0.15) is 17.3 Å². The van der Waals surface area contributed by atoms with Gasteiger partial charge in [0.25, 0.3) is 0 Å². The number of aromatic nitrogens is 1. The third-order valence-corrected chi connectivity index (χ3v) is 2.77. The standard InChI is InChI=1S/C11H9FN2O2/c12-6-3-9-11(13-4-6)7-1-2-10(15)14-8(7)5-16-9/h1-4,9,11H,5H2,(H,14,15). The zero-order valence-corrected chi connectivity index (χ0v) is 8.31. The van der Waals surface area contributed by atoms with Crippen molar-refractivity contribution in [2.75, 3.05) is 0 Å². The highest BCUT2D eigenvalue weighted by molar-refractivity contribution is 5.77. The molecule has 0 saturated heterocycles. The van der Waals surface area contributed by atoms with Gasteiger partial charge >= 0.3 is 0 Å². The van der Waals surface area contributed by atoms with Gasteiger partial charge in [-0.1, -0.05) is 0 Å². The van der Waals surface area contributed by atoms with E-state index in [1.54, 1.807) is 6.07 Å². The largest absolute Gasteiger partial charge is 0.365 e. The summed E-state index contributed by atoms with van der Waals surface area (Å²) in [7, 11) is 0. The fourth-order valence-electron chi connectivity index (χ4n) is 2.03. The number of aliphatic imine (C=N–C) groups is 1. The molecule has 0 bridgehead atoms. The van der Waals surface area contributed by atoms with Gasteiger partial charge in [0, 0.05) is 17.3 Å². The van der Waals surface area contributed by atoms with E-state index >= 15 is 0 Å². The van der Waals surface area contributed by atoms with Crippen molar-refractivity contribution in [3.63, 3.8) is 0 Å². The van der Waals surface area contributed by atoms with Gasteiger partial charge in [-0.05, 0) is 12.1 Å². The molecule has 0 amide bonds. The third-order valence-electron chi connectivity index (χ3n) is 2.77. The Balaban J connectivity index is 2.08. The number of allylic oxidation sites excluding steroid dienone is 1. The lowest BCUT2D eigenvalue weighted by molar-refractivity contribution is 0.0359. The molecule has 0 aliphatic carbocycles. The van der Waals surface area contributed by atoms with Gasteiger partial charge in [0.1, 0.15) is 18.0 Å². The Morgan fingerprint density at radius 3 is 3.25 bits per heavy atom. The lowest BCUT2D eigenvalue weighted by Crippen LogP contribution is -2.29. The van der Waals surface area contributed by atoms with Crippen LogP contribution < -0.4 is 5.56 Å². The second-order valence-corrected chi connectivity index (χ2v) is 3.81. The minimum absolute atomic E-state index is 0.165. The first kappa shape index (κ1) is 9.47. The Kier molecular flexibility index (Phi) is 2.00. The average Bonchev–Trinajstić information content (AvgIpc) is 2.28. The van der Waals surface area contributed by atoms with Crippen molar-refractivity contribution in [3.05, 3.63) is 45.6 Å². The Labute approximate surface area is 90.5 Å². The highest BCUT2D eigenvalue weighted by Gasteiger charge is 2.31. The summed E-state index contributed by atoms with van der Waals surface area (Å²) >= 11 is 0. The summed E-state index contributed by atoms with van der Waals surface area (Å²) in [5.41, 5.74) is 1.46. The van der Waals surface area contributed by atoms with Gasteiger partial charge in [0.15, 0.2) is 0 Å². The molecule has 1 N–H and O–H groups in total. The van der Waals surface area contributed by atoms with Gasteiger partial charge in [-0.25, -0.2) is 4.39 Å². The van der Waals surface area contributed by atoms with E-state index in [2.05, 4.69) is 9.98 Å². The Hall–Kier alpha value is -1.75. The maximum Gasteiger partial charge on any atom is 0.248 e. The highest BCUT2D eigenvalue weighted by atomic mass is 19.1. The van der Waals surface area contributed by atoms with Crippen LogP contribution in [-0.2, 0) is 11.3 Å². The fraction of sp³-hybridized carbons (Fsp3) is 0.273. The summed E-state index contributed by atoms with van der Waals surface area (Å²) in [6, 6.07) is 2.92. The van der Waals surface area contributed by atoms with Crippen LogP contribution in [0.5, 0.6) is 0 Å². The molecule has 1 aromatic heterocycles. The van der Waals surface area contributed by atoms with Crippen molar-refractivity contribution in [2.24, 2.45) is 4.99 Å². The number of fused-ring (bicyclic) bond motifs is 3. The Morgan fingerprint density at radius 1 is 1.50 bits per heavy atom. The van der Waals surface area contributed by atoms with E-state index in [4.69, 9.17) is 4.74 Å². The van der Waals surface area contributed by atoms with E-state index in [9.17, 15) is 9.18 Å². The van der Waals surface area contributed by atoms with Crippen molar-refractivity contribution >= 4 is 6.21 Å². The summed E-state index contributed by atoms with van der Waals surface area (Å²) in [6.07, 6.45) is 2.22. The summed E-state index contributed by atoms with van der Waals surface area (Å²) in [4.78, 5) is 17.9. The van der Waals surface area contributed by atoms with Crippen molar-refractivity contribution < 1.29 is 9.13 Å². The third kappa shape index (κ3) is 1.40. The van der Waals surface area contributed by atoms with Gasteiger partial charge in [-0.2, -0.15) is 0 Å². The number of aromatic amines is 1. The van der Waals surface area contributed by atoms with Gasteiger partial charge in [0.2, 0.25) is 5.56 Å². The second-order valence-electron chi connectivity index (χ2n) is 3.81. The molecule has 0 saturated carbocycles. The lowest BCUT2D eigenvalue weighted by atomic mass is 9.96. The van der Waals surface area contributed by atoms with Crippen LogP contribution in [-0.4, -0.2) is 17.3 Å². The van der Waals surface area contributed by atoms with Crippen LogP contribution in [0, 0.1) is 0 Å². The van der Waals surface area contributed by atoms with Crippen molar-refractivity contribution in [3.8, 4) is 0 Å². The predicted octanol–water partition coefficient (Wildman–Crippen LogP) is 1.25. The molecule has 82 valence electrons. The topological polar surface area (TPSA) is 54.5 Å². The van der Waals surface area contributed by atoms with Gasteiger partial charge in [0.05, 0.1) is 12.8 Å².